The van der Waals surface area contributed by atoms with Gasteiger partial charge in [-0.05, 0) is 55.7 Å². The Morgan fingerprint density at radius 3 is 2.62 bits per heavy atom. The molecule has 0 heterocycles. The largest absolute Gasteiger partial charge is 0.352 e. The number of nitrogens with one attached hydrogen (secondary N) is 1. The number of hydrogen-bond acceptors (Lipinski definition) is 3. The molecule has 2 saturated carbocycles. The highest BCUT2D eigenvalue weighted by Gasteiger charge is 2.40. The van der Waals surface area contributed by atoms with Crippen LogP contribution in [0.1, 0.15) is 31.2 Å². The van der Waals surface area contributed by atoms with Gasteiger partial charge in [0.05, 0.1) is 11.9 Å². The van der Waals surface area contributed by atoms with Gasteiger partial charge in [-0.25, -0.2) is 8.42 Å². The van der Waals surface area contributed by atoms with E-state index in [1.165, 1.54) is 19.3 Å². The van der Waals surface area contributed by atoms with Gasteiger partial charge in [0.25, 0.3) is 0 Å². The monoisotopic (exact) mass is 370 g/mol. The second-order valence-corrected chi connectivity index (χ2v) is 9.37. The molecule has 2 fully saturated rings. The lowest BCUT2D eigenvalue weighted by Crippen LogP contribution is -2.45. The molecule has 5 nitrogen and oxygen atoms in total. The van der Waals surface area contributed by atoms with Crippen LogP contribution in [0.5, 0.6) is 0 Å². The van der Waals surface area contributed by atoms with E-state index in [9.17, 15) is 13.2 Å². The fraction of sp³-hybridized carbons (Fsp3) is 0.588. The fourth-order valence-electron chi connectivity index (χ4n) is 3.94. The van der Waals surface area contributed by atoms with Crippen molar-refractivity contribution in [2.45, 2.75) is 38.6 Å². The van der Waals surface area contributed by atoms with E-state index in [-0.39, 0.29) is 18.5 Å². The number of carbonyl (C=O) groups is 1. The summed E-state index contributed by atoms with van der Waals surface area (Å²) < 4.78 is 25.4. The van der Waals surface area contributed by atoms with E-state index >= 15 is 0 Å². The Morgan fingerprint density at radius 2 is 2.08 bits per heavy atom. The molecule has 0 unspecified atom stereocenters. The minimum Gasteiger partial charge on any atom is -0.352 e. The van der Waals surface area contributed by atoms with Gasteiger partial charge in [0.1, 0.15) is 6.54 Å². The first-order valence-corrected chi connectivity index (χ1v) is 10.5. The molecule has 2 aliphatic rings. The van der Waals surface area contributed by atoms with Gasteiger partial charge >= 0.3 is 0 Å². The van der Waals surface area contributed by atoms with Gasteiger partial charge < -0.3 is 5.32 Å². The molecular weight excluding hydrogens is 348 g/mol. The third-order valence-electron chi connectivity index (χ3n) is 5.22. The zero-order chi connectivity index (χ0) is 17.5. The first-order chi connectivity index (χ1) is 11.2. The molecule has 3 atom stereocenters. The molecule has 132 valence electrons. The van der Waals surface area contributed by atoms with Crippen molar-refractivity contribution in [2.24, 2.45) is 11.8 Å². The summed E-state index contributed by atoms with van der Waals surface area (Å²) in [4.78, 5) is 12.4. The van der Waals surface area contributed by atoms with E-state index in [1.807, 2.05) is 6.92 Å². The van der Waals surface area contributed by atoms with Gasteiger partial charge in [0.15, 0.2) is 0 Å². The number of amides is 1. The van der Waals surface area contributed by atoms with E-state index in [1.54, 1.807) is 18.2 Å². The van der Waals surface area contributed by atoms with Crippen LogP contribution in [0.25, 0.3) is 0 Å². The molecule has 1 N–H and O–H groups in total. The van der Waals surface area contributed by atoms with Crippen molar-refractivity contribution < 1.29 is 13.2 Å². The Kier molecular flexibility index (Phi) is 4.80. The van der Waals surface area contributed by atoms with Crippen molar-refractivity contribution >= 4 is 33.2 Å². The van der Waals surface area contributed by atoms with Gasteiger partial charge in [-0.2, -0.15) is 0 Å². The lowest BCUT2D eigenvalue weighted by Gasteiger charge is -2.26. The second-order valence-electron chi connectivity index (χ2n) is 7.05. The van der Waals surface area contributed by atoms with Crippen molar-refractivity contribution in [1.82, 2.24) is 5.32 Å². The van der Waals surface area contributed by atoms with E-state index in [0.29, 0.717) is 16.6 Å². The third-order valence-corrected chi connectivity index (χ3v) is 6.76. The summed E-state index contributed by atoms with van der Waals surface area (Å²) in [5.74, 6) is 1.02. The molecule has 0 saturated heterocycles. The van der Waals surface area contributed by atoms with Gasteiger partial charge in [0.2, 0.25) is 15.9 Å². The summed E-state index contributed by atoms with van der Waals surface area (Å²) in [6, 6.07) is 5.21. The van der Waals surface area contributed by atoms with Gasteiger partial charge in [-0.1, -0.05) is 24.1 Å². The number of benzene rings is 1. The highest BCUT2D eigenvalue weighted by Crippen LogP contribution is 2.44. The minimum absolute atomic E-state index is 0.194. The van der Waals surface area contributed by atoms with Crippen molar-refractivity contribution in [3.63, 3.8) is 0 Å². The molecule has 1 aromatic rings. The number of halogens is 1. The van der Waals surface area contributed by atoms with Gasteiger partial charge in [0, 0.05) is 11.1 Å². The number of fused-ring (bicyclic) bond motifs is 2. The standard InChI is InChI=1S/C17H23ClN2O3S/c1-11-3-6-14(9-15(11)18)20(24(2,22)23)10-17(21)19-16-8-12-4-5-13(16)7-12/h3,6,9,12-13,16H,4-5,7-8,10H2,1-2H3,(H,19,21)/t12-,13+,16-/m1/s1. The lowest BCUT2D eigenvalue weighted by atomic mass is 9.95. The van der Waals surface area contributed by atoms with E-state index < -0.39 is 10.0 Å². The summed E-state index contributed by atoms with van der Waals surface area (Å²) in [7, 11) is -3.57. The Labute approximate surface area is 148 Å². The van der Waals surface area contributed by atoms with Crippen LogP contribution >= 0.6 is 11.6 Å². The number of anilines is 1. The average Bonchev–Trinajstić information content (AvgIpc) is 3.09. The topological polar surface area (TPSA) is 66.5 Å². The zero-order valence-electron chi connectivity index (χ0n) is 14.0. The maximum Gasteiger partial charge on any atom is 0.241 e. The van der Waals surface area contributed by atoms with E-state index in [2.05, 4.69) is 5.32 Å². The van der Waals surface area contributed by atoms with Gasteiger partial charge in [-0.15, -0.1) is 0 Å². The van der Waals surface area contributed by atoms with Crippen LogP contribution in [0.15, 0.2) is 18.2 Å². The average molecular weight is 371 g/mol. The summed E-state index contributed by atoms with van der Waals surface area (Å²) in [5.41, 5.74) is 1.27. The van der Waals surface area contributed by atoms with Crippen LogP contribution in [0.2, 0.25) is 5.02 Å². The van der Waals surface area contributed by atoms with Gasteiger partial charge in [-0.3, -0.25) is 9.10 Å². The predicted molar refractivity (Wildman–Crippen MR) is 95.8 cm³/mol. The number of aryl methyl sites for hydroxylation is 1. The van der Waals surface area contributed by atoms with Crippen LogP contribution in [-0.4, -0.2) is 33.2 Å². The van der Waals surface area contributed by atoms with Crippen molar-refractivity contribution in [1.29, 1.82) is 0 Å². The van der Waals surface area contributed by atoms with Crippen LogP contribution in [0.4, 0.5) is 5.69 Å². The fourth-order valence-corrected chi connectivity index (χ4v) is 4.96. The lowest BCUT2D eigenvalue weighted by molar-refractivity contribution is -0.120. The zero-order valence-corrected chi connectivity index (χ0v) is 15.5. The highest BCUT2D eigenvalue weighted by atomic mass is 35.5. The number of rotatable bonds is 5. The molecule has 2 bridgehead atoms. The molecule has 0 spiro atoms. The molecular formula is C17H23ClN2O3S. The van der Waals surface area contributed by atoms with E-state index in [4.69, 9.17) is 11.6 Å². The summed E-state index contributed by atoms with van der Waals surface area (Å²) in [5, 5.41) is 3.51. The first-order valence-electron chi connectivity index (χ1n) is 8.27. The minimum atomic E-state index is -3.57. The van der Waals surface area contributed by atoms with Crippen LogP contribution < -0.4 is 9.62 Å². The SMILES string of the molecule is Cc1ccc(N(CC(=O)N[C@@H]2C[C@@H]3CC[C@H]2C3)S(C)(=O)=O)cc1Cl. The molecule has 2 aliphatic carbocycles. The molecule has 0 aliphatic heterocycles. The smallest absolute Gasteiger partial charge is 0.241 e. The summed E-state index contributed by atoms with van der Waals surface area (Å²) >= 11 is 6.10. The summed E-state index contributed by atoms with van der Waals surface area (Å²) in [6.07, 6.45) is 5.73. The number of nitrogens with zero attached hydrogens (tertiary/aromatic N) is 1. The maximum absolute atomic E-state index is 12.4. The quantitative estimate of drug-likeness (QED) is 0.866. The first kappa shape index (κ1) is 17.5. The molecule has 24 heavy (non-hydrogen) atoms. The van der Waals surface area contributed by atoms with Crippen molar-refractivity contribution in [3.05, 3.63) is 28.8 Å². The normalized spacial score (nSPS) is 25.7. The Bertz CT molecular complexity index is 750. The van der Waals surface area contributed by atoms with Crippen molar-refractivity contribution in [2.75, 3.05) is 17.1 Å². The predicted octanol–water partition coefficient (Wildman–Crippen LogP) is 2.72. The molecule has 7 heteroatoms. The number of hydrogen-bond donors (Lipinski definition) is 1. The molecule has 3 rings (SSSR count). The van der Waals surface area contributed by atoms with Crippen LogP contribution in [-0.2, 0) is 14.8 Å². The maximum atomic E-state index is 12.4. The number of sulfonamides is 1. The van der Waals surface area contributed by atoms with Crippen LogP contribution in [0, 0.1) is 18.8 Å². The Balaban J connectivity index is 1.72. The summed E-state index contributed by atoms with van der Waals surface area (Å²) in [6.45, 7) is 1.63. The molecule has 1 aromatic carbocycles. The highest BCUT2D eigenvalue weighted by molar-refractivity contribution is 7.92. The van der Waals surface area contributed by atoms with Crippen molar-refractivity contribution in [3.8, 4) is 0 Å². The second kappa shape index (κ2) is 6.56. The Morgan fingerprint density at radius 1 is 1.33 bits per heavy atom. The van der Waals surface area contributed by atoms with E-state index in [0.717, 1.165) is 28.5 Å². The third kappa shape index (κ3) is 3.70. The molecule has 0 radical (unpaired) electrons. The molecule has 1 amide bonds. The number of carbonyl (C=O) groups excluding carboxylic acids is 1. The van der Waals surface area contributed by atoms with Crippen LogP contribution in [0.3, 0.4) is 0 Å². The Hall–Kier alpha value is -1.27. The molecule has 0 aromatic heterocycles.